The van der Waals surface area contributed by atoms with Gasteiger partial charge in [0.25, 0.3) is 0 Å². The summed E-state index contributed by atoms with van der Waals surface area (Å²) in [6, 6.07) is 12.3. The van der Waals surface area contributed by atoms with E-state index in [0.717, 1.165) is 33.8 Å². The number of aromatic nitrogens is 1. The summed E-state index contributed by atoms with van der Waals surface area (Å²) >= 11 is 0. The maximum Gasteiger partial charge on any atom is 0.0937 e. The van der Waals surface area contributed by atoms with Crippen molar-refractivity contribution in [1.29, 1.82) is 5.26 Å². The van der Waals surface area contributed by atoms with E-state index in [4.69, 9.17) is 0 Å². The van der Waals surface area contributed by atoms with Gasteiger partial charge in [0, 0.05) is 29.3 Å². The highest BCUT2D eigenvalue weighted by Gasteiger charge is 2.21. The lowest BCUT2D eigenvalue weighted by molar-refractivity contribution is 0.659. The Bertz CT molecular complexity index is 1000. The number of rotatable bonds is 8. The number of nitrogens with one attached hydrogen (secondary N) is 2. The second-order valence-corrected chi connectivity index (χ2v) is 7.27. The Labute approximate surface area is 174 Å². The first-order valence-corrected chi connectivity index (χ1v) is 9.47. The Balaban J connectivity index is 2.34. The number of pyridine rings is 1. The molecule has 1 aromatic carbocycles. The molecule has 0 bridgehead atoms. The van der Waals surface area contributed by atoms with Gasteiger partial charge in [0.05, 0.1) is 17.2 Å². The average Bonchev–Trinajstić information content (AvgIpc) is 2.72. The Morgan fingerprint density at radius 3 is 2.66 bits per heavy atom. The van der Waals surface area contributed by atoms with Crippen LogP contribution in [0, 0.1) is 18.3 Å². The number of aryl methyl sites for hydroxylation is 1. The molecule has 1 heterocycles. The lowest BCUT2D eigenvalue weighted by Gasteiger charge is -2.17. The Morgan fingerprint density at radius 1 is 1.24 bits per heavy atom. The zero-order valence-electron chi connectivity index (χ0n) is 17.6. The molecule has 0 unspecified atom stereocenters. The van der Waals surface area contributed by atoms with Gasteiger partial charge in [0.2, 0.25) is 0 Å². The van der Waals surface area contributed by atoms with Gasteiger partial charge in [0.1, 0.15) is 0 Å². The van der Waals surface area contributed by atoms with Gasteiger partial charge in [-0.15, -0.1) is 0 Å². The Hall–Kier alpha value is -3.58. The van der Waals surface area contributed by atoms with E-state index in [-0.39, 0.29) is 0 Å². The summed E-state index contributed by atoms with van der Waals surface area (Å²) < 4.78 is 0. The molecule has 0 aliphatic rings. The topological polar surface area (TPSA) is 60.7 Å². The molecule has 2 rings (SSSR count). The monoisotopic (exact) mass is 384 g/mol. The summed E-state index contributed by atoms with van der Waals surface area (Å²) in [5.41, 5.74) is 5.98. The molecule has 0 aliphatic carbocycles. The van der Waals surface area contributed by atoms with E-state index in [9.17, 15) is 5.26 Å². The third kappa shape index (κ3) is 5.46. The van der Waals surface area contributed by atoms with Crippen LogP contribution in [0.4, 0.5) is 5.69 Å². The second-order valence-electron chi connectivity index (χ2n) is 7.27. The molecular weight excluding hydrogens is 356 g/mol. The predicted molar refractivity (Wildman–Crippen MR) is 123 cm³/mol. The van der Waals surface area contributed by atoms with E-state index < -0.39 is 5.41 Å². The predicted octanol–water partition coefficient (Wildman–Crippen LogP) is 5.92. The minimum Gasteiger partial charge on any atom is -0.368 e. The first-order chi connectivity index (χ1) is 13.8. The minimum absolute atomic E-state index is 0.655. The molecule has 0 fully saturated rings. The number of nitrogens with zero attached hydrogens (tertiary/aromatic N) is 2. The van der Waals surface area contributed by atoms with Crippen molar-refractivity contribution in [2.24, 2.45) is 0 Å². The van der Waals surface area contributed by atoms with Gasteiger partial charge in [-0.3, -0.25) is 4.98 Å². The first-order valence-electron chi connectivity index (χ1n) is 9.47. The van der Waals surface area contributed by atoms with Gasteiger partial charge in [0.15, 0.2) is 0 Å². The number of hydrogen-bond acceptors (Lipinski definition) is 4. The van der Waals surface area contributed by atoms with Crippen molar-refractivity contribution >= 4 is 17.0 Å². The highest BCUT2D eigenvalue weighted by atomic mass is 14.9. The summed E-state index contributed by atoms with van der Waals surface area (Å²) in [5.74, 6) is 0. The van der Waals surface area contributed by atoms with Crippen LogP contribution in [0.5, 0.6) is 0 Å². The molecule has 148 valence electrons. The highest BCUT2D eigenvalue weighted by Crippen LogP contribution is 2.27. The normalized spacial score (nSPS) is 11.8. The average molecular weight is 385 g/mol. The Kier molecular flexibility index (Phi) is 7.16. The largest absolute Gasteiger partial charge is 0.368 e. The molecule has 4 heteroatoms. The van der Waals surface area contributed by atoms with Gasteiger partial charge >= 0.3 is 0 Å². The molecular formula is C25H28N4. The van der Waals surface area contributed by atoms with Crippen molar-refractivity contribution in [3.8, 4) is 6.07 Å². The maximum absolute atomic E-state index is 9.38. The van der Waals surface area contributed by atoms with Crippen molar-refractivity contribution in [2.75, 3.05) is 5.32 Å². The second kappa shape index (κ2) is 9.57. The lowest BCUT2D eigenvalue weighted by atomic mass is 9.90. The Morgan fingerprint density at radius 2 is 2.00 bits per heavy atom. The van der Waals surface area contributed by atoms with Gasteiger partial charge in [-0.05, 0) is 74.9 Å². The number of benzene rings is 1. The summed E-state index contributed by atoms with van der Waals surface area (Å²) in [4.78, 5) is 4.35. The summed E-state index contributed by atoms with van der Waals surface area (Å²) in [6.45, 7) is 15.7. The summed E-state index contributed by atoms with van der Waals surface area (Å²) in [6.07, 6.45) is 9.34. The number of anilines is 1. The van der Waals surface area contributed by atoms with Gasteiger partial charge in [-0.2, -0.15) is 5.26 Å². The quantitative estimate of drug-likeness (QED) is 0.554. The van der Waals surface area contributed by atoms with Crippen molar-refractivity contribution in [3.63, 3.8) is 0 Å². The van der Waals surface area contributed by atoms with Crippen molar-refractivity contribution in [1.82, 2.24) is 10.3 Å². The van der Waals surface area contributed by atoms with Crippen LogP contribution >= 0.6 is 0 Å². The van der Waals surface area contributed by atoms with Crippen LogP contribution < -0.4 is 10.6 Å². The third-order valence-electron chi connectivity index (χ3n) is 4.57. The lowest BCUT2D eigenvalue weighted by Crippen LogP contribution is -2.16. The van der Waals surface area contributed by atoms with Crippen LogP contribution in [-0.4, -0.2) is 4.98 Å². The zero-order valence-corrected chi connectivity index (χ0v) is 17.6. The molecule has 1 aromatic heterocycles. The molecule has 0 radical (unpaired) electrons. The first kappa shape index (κ1) is 21.7. The molecule has 4 nitrogen and oxygen atoms in total. The van der Waals surface area contributed by atoms with E-state index in [1.54, 1.807) is 12.4 Å². The van der Waals surface area contributed by atoms with E-state index >= 15 is 0 Å². The molecule has 29 heavy (non-hydrogen) atoms. The SMILES string of the molecule is C=CN/C=C(\C=C/C)c1cc(NC(=C)c2ccnc(C(C)(C)C#N)c2)ccc1C. The molecule has 0 saturated heterocycles. The highest BCUT2D eigenvalue weighted by molar-refractivity contribution is 5.81. The van der Waals surface area contributed by atoms with Crippen LogP contribution in [0.3, 0.4) is 0 Å². The van der Waals surface area contributed by atoms with E-state index in [2.05, 4.69) is 60.0 Å². The van der Waals surface area contributed by atoms with Crippen LogP contribution in [0.25, 0.3) is 11.3 Å². The standard InChI is InChI=1S/C25H28N4/c1-7-9-21(16-27-8-2)23-15-22(11-10-18(23)3)29-19(4)20-12-13-28-24(14-20)25(5,6)17-26/h7-16,27,29H,2,4H2,1,3,5-6H3/b9-7-,21-16+. The molecule has 2 N–H and O–H groups in total. The van der Waals surface area contributed by atoms with Crippen LogP contribution in [0.2, 0.25) is 0 Å². The van der Waals surface area contributed by atoms with Crippen LogP contribution in [0.1, 0.15) is 43.2 Å². The number of hydrogen-bond donors (Lipinski definition) is 2. The molecule has 0 saturated carbocycles. The smallest absolute Gasteiger partial charge is 0.0937 e. The number of allylic oxidation sites excluding steroid dienone is 3. The summed E-state index contributed by atoms with van der Waals surface area (Å²) in [7, 11) is 0. The van der Waals surface area contributed by atoms with Gasteiger partial charge in [-0.1, -0.05) is 31.4 Å². The van der Waals surface area contributed by atoms with Gasteiger partial charge in [-0.25, -0.2) is 0 Å². The fourth-order valence-corrected chi connectivity index (χ4v) is 2.82. The fraction of sp³-hybridized carbons (Fsp3) is 0.200. The van der Waals surface area contributed by atoms with Crippen LogP contribution in [0.15, 0.2) is 74.2 Å². The number of nitriles is 1. The van der Waals surface area contributed by atoms with Crippen molar-refractivity contribution in [3.05, 3.63) is 96.6 Å². The molecule has 0 spiro atoms. The van der Waals surface area contributed by atoms with Crippen LogP contribution in [-0.2, 0) is 5.41 Å². The van der Waals surface area contributed by atoms with E-state index in [1.165, 1.54) is 5.56 Å². The van der Waals surface area contributed by atoms with E-state index in [1.807, 2.05) is 51.2 Å². The molecule has 0 amide bonds. The molecule has 0 atom stereocenters. The molecule has 2 aromatic rings. The van der Waals surface area contributed by atoms with E-state index in [0.29, 0.717) is 0 Å². The molecule has 0 aliphatic heterocycles. The maximum atomic E-state index is 9.38. The summed E-state index contributed by atoms with van der Waals surface area (Å²) in [5, 5.41) is 15.8. The fourth-order valence-electron chi connectivity index (χ4n) is 2.82. The minimum atomic E-state index is -0.655. The van der Waals surface area contributed by atoms with Gasteiger partial charge < -0.3 is 10.6 Å². The van der Waals surface area contributed by atoms with Crippen molar-refractivity contribution < 1.29 is 0 Å². The zero-order chi connectivity index (χ0) is 21.4. The van der Waals surface area contributed by atoms with Crippen molar-refractivity contribution in [2.45, 2.75) is 33.1 Å². The third-order valence-corrected chi connectivity index (χ3v) is 4.57.